The summed E-state index contributed by atoms with van der Waals surface area (Å²) >= 11 is 0. The van der Waals surface area contributed by atoms with E-state index in [9.17, 15) is 5.11 Å². The molecule has 0 radical (unpaired) electrons. The highest BCUT2D eigenvalue weighted by atomic mass is 16.3. The lowest BCUT2D eigenvalue weighted by atomic mass is 9.85. The third kappa shape index (κ3) is 3.80. The Kier molecular flexibility index (Phi) is 4.69. The van der Waals surface area contributed by atoms with E-state index in [1.54, 1.807) is 6.33 Å². The molecule has 1 rings (SSSR count). The van der Waals surface area contributed by atoms with Gasteiger partial charge in [-0.05, 0) is 18.8 Å². The molecule has 2 unspecified atom stereocenters. The minimum atomic E-state index is -0.712. The Balaban J connectivity index is 2.77. The van der Waals surface area contributed by atoms with Gasteiger partial charge >= 0.3 is 0 Å². The smallest absolute Gasteiger partial charge is 0.138 e. The van der Waals surface area contributed by atoms with Crippen molar-refractivity contribution in [1.82, 2.24) is 14.8 Å². The van der Waals surface area contributed by atoms with Crippen molar-refractivity contribution in [2.75, 3.05) is 0 Å². The quantitative estimate of drug-likeness (QED) is 0.828. The van der Waals surface area contributed by atoms with Gasteiger partial charge in [-0.3, -0.25) is 0 Å². The Labute approximate surface area is 104 Å². The van der Waals surface area contributed by atoms with Gasteiger partial charge in [-0.2, -0.15) is 5.10 Å². The van der Waals surface area contributed by atoms with Crippen LogP contribution in [0.1, 0.15) is 46.9 Å². The zero-order chi connectivity index (χ0) is 13.1. The van der Waals surface area contributed by atoms with E-state index in [0.29, 0.717) is 12.3 Å². The van der Waals surface area contributed by atoms with Crippen LogP contribution in [0.25, 0.3) is 0 Å². The number of aromatic nitrogens is 3. The third-order valence-electron chi connectivity index (χ3n) is 3.42. The molecule has 17 heavy (non-hydrogen) atoms. The summed E-state index contributed by atoms with van der Waals surface area (Å²) in [6, 6.07) is 0. The van der Waals surface area contributed by atoms with Gasteiger partial charge in [0.15, 0.2) is 0 Å². The molecule has 4 heteroatoms. The van der Waals surface area contributed by atoms with Gasteiger partial charge < -0.3 is 5.11 Å². The molecule has 0 aliphatic carbocycles. The Morgan fingerprint density at radius 2 is 2.06 bits per heavy atom. The molecular formula is C13H25N3O. The van der Waals surface area contributed by atoms with E-state index in [1.807, 2.05) is 11.6 Å². The van der Waals surface area contributed by atoms with Gasteiger partial charge in [0.25, 0.3) is 0 Å². The number of rotatable bonds is 6. The predicted octanol–water partition coefficient (Wildman–Crippen LogP) is 2.27. The first kappa shape index (κ1) is 14.2. The van der Waals surface area contributed by atoms with E-state index in [4.69, 9.17) is 0 Å². The van der Waals surface area contributed by atoms with Crippen LogP contribution in [-0.4, -0.2) is 25.5 Å². The molecule has 2 atom stereocenters. The summed E-state index contributed by atoms with van der Waals surface area (Å²) in [6.07, 6.45) is 3.10. The number of hydrogen-bond acceptors (Lipinski definition) is 3. The number of nitrogens with zero attached hydrogens (tertiary/aromatic N) is 3. The van der Waals surface area contributed by atoms with Crippen molar-refractivity contribution in [3.05, 3.63) is 12.2 Å². The van der Waals surface area contributed by atoms with Crippen molar-refractivity contribution < 1.29 is 5.11 Å². The summed E-state index contributed by atoms with van der Waals surface area (Å²) in [4.78, 5) is 4.26. The van der Waals surface area contributed by atoms with Crippen LogP contribution in [0.2, 0.25) is 0 Å². The van der Waals surface area contributed by atoms with Crippen molar-refractivity contribution in [3.8, 4) is 0 Å². The Bertz CT molecular complexity index is 344. The van der Waals surface area contributed by atoms with Gasteiger partial charge in [0, 0.05) is 13.0 Å². The second-order valence-corrected chi connectivity index (χ2v) is 5.60. The zero-order valence-electron chi connectivity index (χ0n) is 11.6. The fourth-order valence-electron chi connectivity index (χ4n) is 1.86. The van der Waals surface area contributed by atoms with Crippen LogP contribution in [0.3, 0.4) is 0 Å². The molecule has 0 aliphatic heterocycles. The average Bonchev–Trinajstić information content (AvgIpc) is 2.63. The normalized spacial score (nSPS) is 17.1. The summed E-state index contributed by atoms with van der Waals surface area (Å²) in [6.45, 7) is 11.2. The molecule has 0 aliphatic rings. The molecular weight excluding hydrogens is 214 g/mol. The highest BCUT2D eigenvalue weighted by molar-refractivity contribution is 4.94. The molecule has 0 aromatic carbocycles. The lowest BCUT2D eigenvalue weighted by Crippen LogP contribution is -2.36. The number of aliphatic hydroxyl groups is 1. The van der Waals surface area contributed by atoms with Crippen LogP contribution >= 0.6 is 0 Å². The van der Waals surface area contributed by atoms with Gasteiger partial charge in [0.05, 0.1) is 5.60 Å². The van der Waals surface area contributed by atoms with Crippen LogP contribution in [0, 0.1) is 11.8 Å². The fraction of sp³-hybridized carbons (Fsp3) is 0.846. The second-order valence-electron chi connectivity index (χ2n) is 5.60. The molecule has 0 fully saturated rings. The van der Waals surface area contributed by atoms with Gasteiger partial charge in [-0.1, -0.05) is 34.1 Å². The van der Waals surface area contributed by atoms with Crippen molar-refractivity contribution >= 4 is 0 Å². The van der Waals surface area contributed by atoms with Crippen LogP contribution in [0.15, 0.2) is 6.33 Å². The topological polar surface area (TPSA) is 50.9 Å². The molecule has 0 saturated carbocycles. The Hall–Kier alpha value is -0.900. The second kappa shape index (κ2) is 5.63. The Morgan fingerprint density at radius 1 is 1.41 bits per heavy atom. The summed E-state index contributed by atoms with van der Waals surface area (Å²) in [7, 11) is 0. The highest BCUT2D eigenvalue weighted by Gasteiger charge is 2.29. The van der Waals surface area contributed by atoms with Crippen molar-refractivity contribution in [2.24, 2.45) is 11.8 Å². The monoisotopic (exact) mass is 239 g/mol. The molecule has 98 valence electrons. The maximum Gasteiger partial charge on any atom is 0.138 e. The molecule has 0 spiro atoms. The molecule has 1 aromatic rings. The van der Waals surface area contributed by atoms with Gasteiger partial charge in [0.2, 0.25) is 0 Å². The molecule has 0 bridgehead atoms. The summed E-state index contributed by atoms with van der Waals surface area (Å²) in [5, 5.41) is 14.7. The summed E-state index contributed by atoms with van der Waals surface area (Å²) in [5.41, 5.74) is -0.712. The van der Waals surface area contributed by atoms with Crippen LogP contribution in [0.5, 0.6) is 0 Å². The van der Waals surface area contributed by atoms with Crippen molar-refractivity contribution in [2.45, 2.75) is 59.6 Å². The fourth-order valence-corrected chi connectivity index (χ4v) is 1.86. The first-order valence-electron chi connectivity index (χ1n) is 6.45. The average molecular weight is 239 g/mol. The van der Waals surface area contributed by atoms with E-state index in [2.05, 4.69) is 37.8 Å². The maximum atomic E-state index is 10.4. The number of hydrogen-bond donors (Lipinski definition) is 1. The standard InChI is InChI=1S/C13H25N3O/c1-6-11(4)13(5,17)7-12-14-9-15-16(12)8-10(2)3/h9-11,17H,6-8H2,1-5H3. The maximum absolute atomic E-state index is 10.4. The largest absolute Gasteiger partial charge is 0.389 e. The molecule has 1 heterocycles. The van der Waals surface area contributed by atoms with E-state index in [0.717, 1.165) is 18.8 Å². The van der Waals surface area contributed by atoms with Gasteiger partial charge in [-0.25, -0.2) is 9.67 Å². The molecule has 1 N–H and O–H groups in total. The van der Waals surface area contributed by atoms with Gasteiger partial charge in [0.1, 0.15) is 12.2 Å². The lowest BCUT2D eigenvalue weighted by molar-refractivity contribution is 0.00239. The van der Waals surface area contributed by atoms with Crippen molar-refractivity contribution in [3.63, 3.8) is 0 Å². The Morgan fingerprint density at radius 3 is 2.59 bits per heavy atom. The SMILES string of the molecule is CCC(C)C(C)(O)Cc1ncnn1CC(C)C. The molecule has 1 aromatic heterocycles. The van der Waals surface area contributed by atoms with E-state index in [1.165, 1.54) is 0 Å². The molecule has 0 amide bonds. The minimum Gasteiger partial charge on any atom is -0.389 e. The third-order valence-corrected chi connectivity index (χ3v) is 3.42. The van der Waals surface area contributed by atoms with E-state index in [-0.39, 0.29) is 5.92 Å². The highest BCUT2D eigenvalue weighted by Crippen LogP contribution is 2.23. The van der Waals surface area contributed by atoms with E-state index < -0.39 is 5.60 Å². The minimum absolute atomic E-state index is 0.256. The molecule has 4 nitrogen and oxygen atoms in total. The van der Waals surface area contributed by atoms with E-state index >= 15 is 0 Å². The summed E-state index contributed by atoms with van der Waals surface area (Å²) in [5.74, 6) is 1.67. The first-order valence-corrected chi connectivity index (χ1v) is 6.45. The van der Waals surface area contributed by atoms with Crippen LogP contribution < -0.4 is 0 Å². The van der Waals surface area contributed by atoms with Crippen LogP contribution in [0.4, 0.5) is 0 Å². The predicted molar refractivity (Wildman–Crippen MR) is 68.6 cm³/mol. The van der Waals surface area contributed by atoms with Crippen molar-refractivity contribution in [1.29, 1.82) is 0 Å². The molecule has 0 saturated heterocycles. The van der Waals surface area contributed by atoms with Crippen LogP contribution in [-0.2, 0) is 13.0 Å². The lowest BCUT2D eigenvalue weighted by Gasteiger charge is -2.29. The van der Waals surface area contributed by atoms with Gasteiger partial charge in [-0.15, -0.1) is 0 Å². The first-order chi connectivity index (χ1) is 7.86. The summed E-state index contributed by atoms with van der Waals surface area (Å²) < 4.78 is 1.90. The zero-order valence-corrected chi connectivity index (χ0v) is 11.6.